The summed E-state index contributed by atoms with van der Waals surface area (Å²) in [5.74, 6) is 1.73. The number of nitrogens with zero attached hydrogens (tertiary/aromatic N) is 3. The standard InChI is InChI=1S/C25H27N5O3S2/c31-12-14-5-7-30(8-6-14)21(32)10-15-1-3-17-19(9-15)34-24-22(17)23(26-13-27-24)28-16-2-4-18-20(11-16)35-25(33)29-18/h2,4,11,13-15,31H,1,3,5-10,12H2,(H,29,33)(H,26,27,28). The van der Waals surface area contributed by atoms with Gasteiger partial charge in [-0.1, -0.05) is 11.3 Å². The number of aliphatic hydroxyl groups excluding tert-OH is 1. The molecule has 35 heavy (non-hydrogen) atoms. The molecule has 4 heterocycles. The van der Waals surface area contributed by atoms with Crippen LogP contribution in [0.25, 0.3) is 20.4 Å². The molecule has 0 saturated carbocycles. The molecule has 1 atom stereocenters. The Labute approximate surface area is 210 Å². The van der Waals surface area contributed by atoms with Crippen molar-refractivity contribution in [2.24, 2.45) is 11.8 Å². The molecule has 1 aliphatic carbocycles. The Hall–Kier alpha value is -2.82. The van der Waals surface area contributed by atoms with Crippen molar-refractivity contribution < 1.29 is 9.90 Å². The van der Waals surface area contributed by atoms with Crippen molar-refractivity contribution in [2.75, 3.05) is 25.0 Å². The lowest BCUT2D eigenvalue weighted by molar-refractivity contribution is -0.133. The number of amides is 1. The average Bonchev–Trinajstić information content (AvgIpc) is 3.43. The van der Waals surface area contributed by atoms with Crippen LogP contribution in [0.4, 0.5) is 11.5 Å². The first-order chi connectivity index (χ1) is 17.1. The molecular formula is C25H27N5O3S2. The molecule has 0 spiro atoms. The van der Waals surface area contributed by atoms with Crippen molar-refractivity contribution >= 4 is 60.5 Å². The van der Waals surface area contributed by atoms with Crippen LogP contribution in [0.5, 0.6) is 0 Å². The van der Waals surface area contributed by atoms with Gasteiger partial charge in [-0.3, -0.25) is 9.59 Å². The fraction of sp³-hybridized carbons (Fsp3) is 0.440. The quantitative estimate of drug-likeness (QED) is 0.374. The Morgan fingerprint density at radius 1 is 1.17 bits per heavy atom. The minimum absolute atomic E-state index is 0.0591. The Morgan fingerprint density at radius 3 is 2.86 bits per heavy atom. The number of aromatic amines is 1. The van der Waals surface area contributed by atoms with E-state index in [-0.39, 0.29) is 17.4 Å². The number of fused-ring (bicyclic) bond motifs is 4. The highest BCUT2D eigenvalue weighted by Crippen LogP contribution is 2.41. The van der Waals surface area contributed by atoms with Gasteiger partial charge in [-0.05, 0) is 67.7 Å². The highest BCUT2D eigenvalue weighted by molar-refractivity contribution is 7.19. The fourth-order valence-corrected chi connectivity index (χ4v) is 7.43. The van der Waals surface area contributed by atoms with Crippen molar-refractivity contribution in [3.63, 3.8) is 0 Å². The van der Waals surface area contributed by atoms with Gasteiger partial charge in [0.1, 0.15) is 17.0 Å². The van der Waals surface area contributed by atoms with E-state index in [4.69, 9.17) is 0 Å². The number of likely N-dealkylation sites (tertiary alicyclic amines) is 1. The molecule has 1 aliphatic heterocycles. The zero-order valence-electron chi connectivity index (χ0n) is 19.2. The molecule has 2 aliphatic rings. The maximum absolute atomic E-state index is 12.9. The number of aromatic nitrogens is 3. The summed E-state index contributed by atoms with van der Waals surface area (Å²) < 4.78 is 0.908. The van der Waals surface area contributed by atoms with E-state index in [9.17, 15) is 14.7 Å². The first-order valence-electron chi connectivity index (χ1n) is 12.1. The van der Waals surface area contributed by atoms with Crippen LogP contribution < -0.4 is 10.2 Å². The van der Waals surface area contributed by atoms with Gasteiger partial charge < -0.3 is 20.3 Å². The zero-order valence-corrected chi connectivity index (χ0v) is 20.9. The number of anilines is 2. The van der Waals surface area contributed by atoms with Gasteiger partial charge in [0.2, 0.25) is 5.91 Å². The Morgan fingerprint density at radius 2 is 2.03 bits per heavy atom. The predicted molar refractivity (Wildman–Crippen MR) is 140 cm³/mol. The highest BCUT2D eigenvalue weighted by atomic mass is 32.1. The van der Waals surface area contributed by atoms with Crippen molar-refractivity contribution in [2.45, 2.75) is 38.5 Å². The number of thiazole rings is 1. The van der Waals surface area contributed by atoms with E-state index in [0.29, 0.717) is 18.3 Å². The average molecular weight is 510 g/mol. The number of rotatable bonds is 5. The van der Waals surface area contributed by atoms with E-state index < -0.39 is 0 Å². The number of carbonyl (C=O) groups is 1. The second kappa shape index (κ2) is 9.33. The summed E-state index contributed by atoms with van der Waals surface area (Å²) in [5.41, 5.74) is 3.02. The second-order valence-electron chi connectivity index (χ2n) is 9.58. The number of H-pyrrole nitrogens is 1. The molecule has 0 bridgehead atoms. The van der Waals surface area contributed by atoms with Gasteiger partial charge in [-0.15, -0.1) is 11.3 Å². The number of hydrogen-bond donors (Lipinski definition) is 3. The van der Waals surface area contributed by atoms with Crippen LogP contribution in [0.1, 0.15) is 36.1 Å². The molecule has 10 heteroatoms. The maximum Gasteiger partial charge on any atom is 0.305 e. The Balaban J connectivity index is 1.19. The van der Waals surface area contributed by atoms with Gasteiger partial charge in [0.15, 0.2) is 0 Å². The third kappa shape index (κ3) is 4.46. The van der Waals surface area contributed by atoms with E-state index in [1.165, 1.54) is 21.8 Å². The molecule has 1 aromatic carbocycles. The van der Waals surface area contributed by atoms with Gasteiger partial charge in [0.05, 0.1) is 15.6 Å². The van der Waals surface area contributed by atoms with Crippen molar-refractivity contribution in [1.82, 2.24) is 19.9 Å². The monoisotopic (exact) mass is 509 g/mol. The molecule has 3 aromatic heterocycles. The molecule has 1 unspecified atom stereocenters. The largest absolute Gasteiger partial charge is 0.396 e. The normalized spacial score (nSPS) is 18.8. The summed E-state index contributed by atoms with van der Waals surface area (Å²) in [6.45, 7) is 1.75. The minimum atomic E-state index is -0.0591. The summed E-state index contributed by atoms with van der Waals surface area (Å²) in [6.07, 6.45) is 6.79. The zero-order chi connectivity index (χ0) is 23.9. The number of hydrogen-bond acceptors (Lipinski definition) is 8. The number of nitrogens with one attached hydrogen (secondary N) is 2. The van der Waals surface area contributed by atoms with Crippen LogP contribution in [-0.2, 0) is 17.6 Å². The third-order valence-electron chi connectivity index (χ3n) is 7.32. The van der Waals surface area contributed by atoms with Crippen molar-refractivity contribution in [3.8, 4) is 0 Å². The molecule has 182 valence electrons. The van der Waals surface area contributed by atoms with Gasteiger partial charge >= 0.3 is 4.87 Å². The minimum Gasteiger partial charge on any atom is -0.396 e. The van der Waals surface area contributed by atoms with E-state index in [1.807, 2.05) is 23.1 Å². The second-order valence-corrected chi connectivity index (χ2v) is 11.7. The summed E-state index contributed by atoms with van der Waals surface area (Å²) in [7, 11) is 0. The molecule has 3 N–H and O–H groups in total. The van der Waals surface area contributed by atoms with Crippen LogP contribution in [-0.4, -0.2) is 50.6 Å². The molecular weight excluding hydrogens is 482 g/mol. The molecule has 1 saturated heterocycles. The maximum atomic E-state index is 12.9. The molecule has 0 radical (unpaired) electrons. The number of aliphatic hydroxyl groups is 1. The van der Waals surface area contributed by atoms with Crippen LogP contribution in [0, 0.1) is 11.8 Å². The summed E-state index contributed by atoms with van der Waals surface area (Å²) in [4.78, 5) is 40.7. The van der Waals surface area contributed by atoms with Crippen LogP contribution in [0.15, 0.2) is 29.3 Å². The van der Waals surface area contributed by atoms with Crippen LogP contribution in [0.3, 0.4) is 0 Å². The Kier molecular flexibility index (Phi) is 6.03. The van der Waals surface area contributed by atoms with Crippen molar-refractivity contribution in [1.29, 1.82) is 0 Å². The molecule has 1 fully saturated rings. The topological polar surface area (TPSA) is 111 Å². The lowest BCUT2D eigenvalue weighted by Gasteiger charge is -2.32. The lowest BCUT2D eigenvalue weighted by Crippen LogP contribution is -2.40. The summed E-state index contributed by atoms with van der Waals surface area (Å²) in [6, 6.07) is 5.82. The third-order valence-corrected chi connectivity index (χ3v) is 9.33. The first-order valence-corrected chi connectivity index (χ1v) is 13.7. The fourth-order valence-electron chi connectivity index (χ4n) is 5.35. The van der Waals surface area contributed by atoms with Gasteiger partial charge in [0, 0.05) is 36.7 Å². The van der Waals surface area contributed by atoms with E-state index in [0.717, 1.165) is 77.1 Å². The number of aryl methyl sites for hydroxylation is 1. The lowest BCUT2D eigenvalue weighted by atomic mass is 9.85. The number of piperidine rings is 1. The van der Waals surface area contributed by atoms with Crippen LogP contribution in [0.2, 0.25) is 0 Å². The smallest absolute Gasteiger partial charge is 0.305 e. The van der Waals surface area contributed by atoms with E-state index in [2.05, 4.69) is 20.3 Å². The summed E-state index contributed by atoms with van der Waals surface area (Å²) >= 11 is 2.91. The summed E-state index contributed by atoms with van der Waals surface area (Å²) in [5, 5.41) is 13.9. The predicted octanol–water partition coefficient (Wildman–Crippen LogP) is 4.06. The molecule has 1 amide bonds. The van der Waals surface area contributed by atoms with Crippen LogP contribution >= 0.6 is 22.7 Å². The number of carbonyl (C=O) groups excluding carboxylic acids is 1. The molecule has 4 aromatic rings. The highest BCUT2D eigenvalue weighted by Gasteiger charge is 2.29. The van der Waals surface area contributed by atoms with Gasteiger partial charge in [-0.2, -0.15) is 0 Å². The number of thiophene rings is 1. The van der Waals surface area contributed by atoms with Gasteiger partial charge in [-0.25, -0.2) is 9.97 Å². The van der Waals surface area contributed by atoms with E-state index in [1.54, 1.807) is 17.7 Å². The molecule has 6 rings (SSSR count). The van der Waals surface area contributed by atoms with Crippen molar-refractivity contribution in [3.05, 3.63) is 44.6 Å². The SMILES string of the molecule is O=C(CC1CCc2c(sc3ncnc(Nc4ccc5[nH]c(=O)sc5c4)c23)C1)N1CCC(CO)CC1. The first kappa shape index (κ1) is 22.6. The molecule has 8 nitrogen and oxygen atoms in total. The Bertz CT molecular complexity index is 1450. The number of benzene rings is 1. The van der Waals surface area contributed by atoms with E-state index >= 15 is 0 Å². The van der Waals surface area contributed by atoms with Gasteiger partial charge in [0.25, 0.3) is 0 Å².